The van der Waals surface area contributed by atoms with Crippen LogP contribution < -0.4 is 4.74 Å². The molecule has 3 aromatic rings. The molecule has 2 aromatic heterocycles. The van der Waals surface area contributed by atoms with Gasteiger partial charge in [0.2, 0.25) is 0 Å². The van der Waals surface area contributed by atoms with Crippen LogP contribution in [0.25, 0.3) is 10.9 Å². The van der Waals surface area contributed by atoms with E-state index in [-0.39, 0.29) is 0 Å². The molecule has 0 bridgehead atoms. The van der Waals surface area contributed by atoms with E-state index in [1.807, 2.05) is 6.07 Å². The molecule has 2 heterocycles. The number of carbonyl (C=O) groups is 1. The highest BCUT2D eigenvalue weighted by Crippen LogP contribution is 2.25. The molecule has 18 heavy (non-hydrogen) atoms. The minimum atomic E-state index is 0.446. The van der Waals surface area contributed by atoms with E-state index in [9.17, 15) is 4.79 Å². The van der Waals surface area contributed by atoms with Crippen molar-refractivity contribution in [1.29, 1.82) is 0 Å². The van der Waals surface area contributed by atoms with E-state index in [1.165, 1.54) is 0 Å². The lowest BCUT2D eigenvalue weighted by Crippen LogP contribution is -1.85. The summed E-state index contributed by atoms with van der Waals surface area (Å²) in [4.78, 5) is 14.8. The van der Waals surface area contributed by atoms with Crippen molar-refractivity contribution in [3.63, 3.8) is 0 Å². The van der Waals surface area contributed by atoms with E-state index in [0.717, 1.165) is 17.2 Å². The quantitative estimate of drug-likeness (QED) is 0.713. The van der Waals surface area contributed by atoms with Gasteiger partial charge in [0.25, 0.3) is 0 Å². The number of aromatic nitrogens is 3. The van der Waals surface area contributed by atoms with Gasteiger partial charge in [0, 0.05) is 11.6 Å². The molecule has 0 atom stereocenters. The molecule has 1 N–H and O–H groups in total. The zero-order chi connectivity index (χ0) is 12.4. The van der Waals surface area contributed by atoms with Gasteiger partial charge in [0.05, 0.1) is 11.7 Å². The van der Waals surface area contributed by atoms with Gasteiger partial charge in [-0.05, 0) is 30.3 Å². The van der Waals surface area contributed by atoms with Crippen molar-refractivity contribution in [2.75, 3.05) is 0 Å². The molecule has 5 heteroatoms. The minimum absolute atomic E-state index is 0.446. The molecule has 0 spiro atoms. The number of hydrogen-bond acceptors (Lipinski definition) is 4. The molecule has 1 aromatic carbocycles. The first kappa shape index (κ1) is 10.5. The number of nitrogens with zero attached hydrogens (tertiary/aromatic N) is 2. The molecule has 0 amide bonds. The smallest absolute Gasteiger partial charge is 0.168 e. The monoisotopic (exact) mass is 239 g/mol. The first-order valence-electron chi connectivity index (χ1n) is 5.38. The molecule has 3 rings (SSSR count). The van der Waals surface area contributed by atoms with Crippen molar-refractivity contribution in [3.05, 3.63) is 48.4 Å². The van der Waals surface area contributed by atoms with Gasteiger partial charge in [0.15, 0.2) is 6.29 Å². The highest BCUT2D eigenvalue weighted by Gasteiger charge is 2.06. The number of nitrogens with one attached hydrogen (secondary N) is 1. The van der Waals surface area contributed by atoms with Crippen LogP contribution in [0.5, 0.6) is 11.5 Å². The second kappa shape index (κ2) is 4.29. The van der Waals surface area contributed by atoms with Gasteiger partial charge < -0.3 is 4.74 Å². The van der Waals surface area contributed by atoms with E-state index in [1.54, 1.807) is 36.7 Å². The van der Waals surface area contributed by atoms with Gasteiger partial charge in [0.1, 0.15) is 17.2 Å². The van der Waals surface area contributed by atoms with Crippen LogP contribution in [0.3, 0.4) is 0 Å². The van der Waals surface area contributed by atoms with Crippen LogP contribution in [-0.2, 0) is 0 Å². The summed E-state index contributed by atoms with van der Waals surface area (Å²) in [6.07, 6.45) is 4.04. The molecule has 0 aliphatic rings. The summed E-state index contributed by atoms with van der Waals surface area (Å²) >= 11 is 0. The number of H-pyrrole nitrogens is 1. The molecule has 0 radical (unpaired) electrons. The number of hydrogen-bond donors (Lipinski definition) is 1. The Bertz CT molecular complexity index is 692. The average Bonchev–Trinajstić information content (AvgIpc) is 2.82. The number of pyridine rings is 1. The molecular weight excluding hydrogens is 230 g/mol. The topological polar surface area (TPSA) is 67.9 Å². The minimum Gasteiger partial charge on any atom is -0.456 e. The van der Waals surface area contributed by atoms with Crippen LogP contribution in [0.15, 0.2) is 42.7 Å². The third-order valence-electron chi connectivity index (χ3n) is 2.54. The Labute approximate surface area is 102 Å². The highest BCUT2D eigenvalue weighted by molar-refractivity contribution is 5.95. The number of aromatic amines is 1. The van der Waals surface area contributed by atoms with Gasteiger partial charge in [-0.1, -0.05) is 0 Å². The van der Waals surface area contributed by atoms with Crippen LogP contribution in [0.2, 0.25) is 0 Å². The van der Waals surface area contributed by atoms with E-state index in [0.29, 0.717) is 17.2 Å². The lowest BCUT2D eigenvalue weighted by Gasteiger charge is -2.04. The summed E-state index contributed by atoms with van der Waals surface area (Å²) in [6.45, 7) is 0. The van der Waals surface area contributed by atoms with E-state index >= 15 is 0 Å². The zero-order valence-corrected chi connectivity index (χ0v) is 9.33. The molecule has 0 aliphatic carbocycles. The highest BCUT2D eigenvalue weighted by atomic mass is 16.5. The van der Waals surface area contributed by atoms with Crippen LogP contribution in [0.4, 0.5) is 0 Å². The largest absolute Gasteiger partial charge is 0.456 e. The van der Waals surface area contributed by atoms with Crippen molar-refractivity contribution in [2.24, 2.45) is 0 Å². The fourth-order valence-electron chi connectivity index (χ4n) is 1.71. The molecule has 0 saturated heterocycles. The predicted molar refractivity (Wildman–Crippen MR) is 65.8 cm³/mol. The van der Waals surface area contributed by atoms with Crippen LogP contribution in [0, 0.1) is 0 Å². The third kappa shape index (κ3) is 1.82. The summed E-state index contributed by atoms with van der Waals surface area (Å²) in [7, 11) is 0. The maximum atomic E-state index is 10.8. The van der Waals surface area contributed by atoms with Crippen molar-refractivity contribution in [3.8, 4) is 11.5 Å². The summed E-state index contributed by atoms with van der Waals surface area (Å²) < 4.78 is 5.64. The van der Waals surface area contributed by atoms with Crippen LogP contribution in [-0.4, -0.2) is 21.5 Å². The van der Waals surface area contributed by atoms with E-state index < -0.39 is 0 Å². The zero-order valence-electron chi connectivity index (χ0n) is 9.33. The molecule has 5 nitrogen and oxygen atoms in total. The van der Waals surface area contributed by atoms with Crippen LogP contribution in [0.1, 0.15) is 10.5 Å². The fraction of sp³-hybridized carbons (Fsp3) is 0. The molecule has 0 unspecified atom stereocenters. The third-order valence-corrected chi connectivity index (χ3v) is 2.54. The first-order valence-corrected chi connectivity index (χ1v) is 5.38. The van der Waals surface area contributed by atoms with E-state index in [2.05, 4.69) is 15.2 Å². The molecule has 0 aliphatic heterocycles. The standard InChI is InChI=1S/C13H9N3O2/c17-8-13-11-6-9(3-4-12(11)15-16-13)18-10-2-1-5-14-7-10/h1-8H,(H,15,16). The van der Waals surface area contributed by atoms with Gasteiger partial charge in [-0.2, -0.15) is 5.10 Å². The van der Waals surface area contributed by atoms with Crippen molar-refractivity contribution in [2.45, 2.75) is 0 Å². The number of benzene rings is 1. The summed E-state index contributed by atoms with van der Waals surface area (Å²) in [5, 5.41) is 7.42. The van der Waals surface area contributed by atoms with Gasteiger partial charge >= 0.3 is 0 Å². The predicted octanol–water partition coefficient (Wildman–Crippen LogP) is 2.56. The van der Waals surface area contributed by atoms with E-state index in [4.69, 9.17) is 4.74 Å². The Morgan fingerprint density at radius 3 is 2.94 bits per heavy atom. The average molecular weight is 239 g/mol. The lowest BCUT2D eigenvalue weighted by molar-refractivity contribution is 0.112. The summed E-state index contributed by atoms with van der Waals surface area (Å²) in [5.74, 6) is 1.29. The van der Waals surface area contributed by atoms with Crippen LogP contribution >= 0.6 is 0 Å². The van der Waals surface area contributed by atoms with Crippen molar-refractivity contribution in [1.82, 2.24) is 15.2 Å². The Kier molecular flexibility index (Phi) is 2.49. The van der Waals surface area contributed by atoms with Gasteiger partial charge in [-0.3, -0.25) is 14.9 Å². The van der Waals surface area contributed by atoms with Gasteiger partial charge in [-0.25, -0.2) is 0 Å². The Morgan fingerprint density at radius 2 is 2.17 bits per heavy atom. The molecule has 88 valence electrons. The Hall–Kier alpha value is -2.69. The number of ether oxygens (including phenoxy) is 1. The molecular formula is C13H9N3O2. The normalized spacial score (nSPS) is 10.4. The number of rotatable bonds is 3. The lowest BCUT2D eigenvalue weighted by atomic mass is 10.2. The van der Waals surface area contributed by atoms with Crippen molar-refractivity contribution < 1.29 is 9.53 Å². The van der Waals surface area contributed by atoms with Crippen molar-refractivity contribution >= 4 is 17.2 Å². The number of carbonyl (C=O) groups excluding carboxylic acids is 1. The SMILES string of the molecule is O=Cc1[nH]nc2ccc(Oc3cccnc3)cc12. The number of aldehydes is 1. The molecule has 0 fully saturated rings. The maximum Gasteiger partial charge on any atom is 0.168 e. The second-order valence-corrected chi connectivity index (χ2v) is 3.72. The first-order chi connectivity index (χ1) is 8.86. The fourth-order valence-corrected chi connectivity index (χ4v) is 1.71. The molecule has 0 saturated carbocycles. The summed E-state index contributed by atoms with van der Waals surface area (Å²) in [6, 6.07) is 8.97. The Morgan fingerprint density at radius 1 is 1.22 bits per heavy atom. The van der Waals surface area contributed by atoms with Gasteiger partial charge in [-0.15, -0.1) is 0 Å². The summed E-state index contributed by atoms with van der Waals surface area (Å²) in [5.41, 5.74) is 1.18. The second-order valence-electron chi connectivity index (χ2n) is 3.72. The maximum absolute atomic E-state index is 10.8. The Balaban J connectivity index is 2.00. The number of fused-ring (bicyclic) bond motifs is 1.